The Labute approximate surface area is 177 Å². The molecule has 1 saturated carbocycles. The highest BCUT2D eigenvalue weighted by molar-refractivity contribution is 5.73. The van der Waals surface area contributed by atoms with Crippen molar-refractivity contribution in [2.24, 2.45) is 5.92 Å². The van der Waals surface area contributed by atoms with Gasteiger partial charge in [0.25, 0.3) is 0 Å². The molecule has 0 aromatic carbocycles. The maximum atomic E-state index is 10.6. The van der Waals surface area contributed by atoms with E-state index >= 15 is 0 Å². The Bertz CT molecular complexity index is 846. The van der Waals surface area contributed by atoms with Crippen molar-refractivity contribution in [1.29, 1.82) is 0 Å². The van der Waals surface area contributed by atoms with Crippen molar-refractivity contribution in [3.63, 3.8) is 0 Å². The zero-order chi connectivity index (χ0) is 22.4. The van der Waals surface area contributed by atoms with E-state index in [-0.39, 0.29) is 6.10 Å². The number of aryl methyl sites for hydroxylation is 1. The van der Waals surface area contributed by atoms with Gasteiger partial charge in [0, 0.05) is 30.9 Å². The summed E-state index contributed by atoms with van der Waals surface area (Å²) in [5.41, 5.74) is 0. The average molecular weight is 443 g/mol. The topological polar surface area (TPSA) is 97.9 Å². The van der Waals surface area contributed by atoms with E-state index in [1.54, 1.807) is 18.5 Å². The van der Waals surface area contributed by atoms with Gasteiger partial charge in [-0.15, -0.1) is 0 Å². The summed E-state index contributed by atoms with van der Waals surface area (Å²) in [6.45, 7) is 5.17. The minimum Gasteiger partial charge on any atom is -0.475 e. The van der Waals surface area contributed by atoms with Gasteiger partial charge in [-0.05, 0) is 38.0 Å². The third-order valence-electron chi connectivity index (χ3n) is 5.20. The largest absolute Gasteiger partial charge is 0.490 e. The lowest BCUT2D eigenvalue weighted by Gasteiger charge is -2.38. The maximum Gasteiger partial charge on any atom is 0.490 e. The van der Waals surface area contributed by atoms with Crippen LogP contribution in [0, 0.1) is 12.8 Å². The summed E-state index contributed by atoms with van der Waals surface area (Å²) < 4.78 is 49.3. The number of furan rings is 1. The van der Waals surface area contributed by atoms with E-state index in [0.717, 1.165) is 44.1 Å². The Hall–Kier alpha value is -2.66. The van der Waals surface area contributed by atoms with Crippen LogP contribution >= 0.6 is 0 Å². The molecule has 1 aliphatic carbocycles. The van der Waals surface area contributed by atoms with E-state index in [0.29, 0.717) is 24.6 Å². The molecule has 3 unspecified atom stereocenters. The van der Waals surface area contributed by atoms with Gasteiger partial charge in [0.2, 0.25) is 0 Å². The average Bonchev–Trinajstić information content (AvgIpc) is 3.33. The molecule has 1 N–H and O–H groups in total. The zero-order valence-electron chi connectivity index (χ0n) is 16.9. The van der Waals surface area contributed by atoms with Gasteiger partial charge in [-0.2, -0.15) is 13.2 Å². The molecule has 170 valence electrons. The van der Waals surface area contributed by atoms with E-state index in [9.17, 15) is 13.2 Å². The van der Waals surface area contributed by atoms with Crippen LogP contribution in [0.15, 0.2) is 35.0 Å². The highest BCUT2D eigenvalue weighted by atomic mass is 19.4. The fraction of sp³-hybridized carbons (Fsp3) is 0.550. The molecular formula is C20H24F3N3O5. The molecule has 4 rings (SSSR count). The highest BCUT2D eigenvalue weighted by Crippen LogP contribution is 2.35. The number of halogens is 3. The van der Waals surface area contributed by atoms with Crippen LogP contribution in [0.3, 0.4) is 0 Å². The summed E-state index contributed by atoms with van der Waals surface area (Å²) in [5.74, 6) is -0.367. The van der Waals surface area contributed by atoms with Crippen molar-refractivity contribution < 1.29 is 37.0 Å². The molecule has 2 fully saturated rings. The second-order valence-electron chi connectivity index (χ2n) is 7.37. The van der Waals surface area contributed by atoms with E-state index in [1.807, 2.05) is 13.0 Å². The predicted octanol–water partition coefficient (Wildman–Crippen LogP) is 3.07. The number of aliphatic carboxylic acids is 1. The molecule has 0 bridgehead atoms. The van der Waals surface area contributed by atoms with Crippen LogP contribution in [0.5, 0.6) is 6.01 Å². The van der Waals surface area contributed by atoms with Crippen molar-refractivity contribution in [2.75, 3.05) is 19.8 Å². The van der Waals surface area contributed by atoms with Gasteiger partial charge in [-0.1, -0.05) is 0 Å². The highest BCUT2D eigenvalue weighted by Gasteiger charge is 2.43. The first-order valence-electron chi connectivity index (χ1n) is 9.85. The van der Waals surface area contributed by atoms with E-state index in [1.165, 1.54) is 0 Å². The standard InChI is InChI=1S/C18H23N3O3.C2HF3O2/c1-13-3-5-15(24-13)11-21-9-10-22-17-14(4-6-16(17)21)12-23-18-19-7-2-8-20-18;3-2(4,5)1(6)7/h2-3,5,7-8,14,16-17H,4,6,9-12H2,1H3;(H,6,7). The molecule has 3 atom stereocenters. The van der Waals surface area contributed by atoms with Gasteiger partial charge in [-0.3, -0.25) is 4.90 Å². The molecular weight excluding hydrogens is 419 g/mol. The molecule has 3 heterocycles. The third-order valence-corrected chi connectivity index (χ3v) is 5.20. The van der Waals surface area contributed by atoms with Crippen LogP contribution in [0.4, 0.5) is 13.2 Å². The SMILES string of the molecule is Cc1ccc(CN2CCOC3C(COc4ncccn4)CCC32)o1.O=C(O)C(F)(F)F. The number of rotatable bonds is 5. The van der Waals surface area contributed by atoms with Crippen LogP contribution in [-0.2, 0) is 16.1 Å². The molecule has 1 aliphatic heterocycles. The second-order valence-corrected chi connectivity index (χ2v) is 7.37. The number of alkyl halides is 3. The Morgan fingerprint density at radius 2 is 2.00 bits per heavy atom. The van der Waals surface area contributed by atoms with Gasteiger partial charge in [-0.25, -0.2) is 14.8 Å². The number of carbonyl (C=O) groups is 1. The van der Waals surface area contributed by atoms with Crippen LogP contribution in [0.1, 0.15) is 24.4 Å². The number of hydrogen-bond acceptors (Lipinski definition) is 7. The molecule has 2 aliphatic rings. The minimum absolute atomic E-state index is 0.221. The third kappa shape index (κ3) is 6.41. The normalized spacial score (nSPS) is 23.5. The van der Waals surface area contributed by atoms with Crippen LogP contribution in [-0.4, -0.2) is 64.0 Å². The molecule has 2 aromatic rings. The van der Waals surface area contributed by atoms with E-state index in [2.05, 4.69) is 20.9 Å². The van der Waals surface area contributed by atoms with Crippen molar-refractivity contribution in [1.82, 2.24) is 14.9 Å². The van der Waals surface area contributed by atoms with Crippen molar-refractivity contribution in [3.05, 3.63) is 42.1 Å². The molecule has 0 radical (unpaired) electrons. The lowest BCUT2D eigenvalue weighted by Crippen LogP contribution is -2.50. The van der Waals surface area contributed by atoms with Gasteiger partial charge < -0.3 is 19.0 Å². The molecule has 11 heteroatoms. The maximum absolute atomic E-state index is 10.6. The molecule has 2 aromatic heterocycles. The monoisotopic (exact) mass is 443 g/mol. The smallest absolute Gasteiger partial charge is 0.475 e. The fourth-order valence-corrected chi connectivity index (χ4v) is 3.82. The summed E-state index contributed by atoms with van der Waals surface area (Å²) >= 11 is 0. The lowest BCUT2D eigenvalue weighted by atomic mass is 10.0. The summed E-state index contributed by atoms with van der Waals surface area (Å²) in [4.78, 5) is 19.6. The Kier molecular flexibility index (Phi) is 7.50. The molecule has 31 heavy (non-hydrogen) atoms. The number of hydrogen-bond donors (Lipinski definition) is 1. The Balaban J connectivity index is 0.000000339. The molecule has 8 nitrogen and oxygen atoms in total. The van der Waals surface area contributed by atoms with Crippen molar-refractivity contribution in [2.45, 2.75) is 44.6 Å². The summed E-state index contributed by atoms with van der Waals surface area (Å²) in [7, 11) is 0. The second kappa shape index (κ2) is 10.1. The van der Waals surface area contributed by atoms with Crippen molar-refractivity contribution >= 4 is 5.97 Å². The first kappa shape index (κ1) is 23.0. The number of morpholine rings is 1. The number of fused-ring (bicyclic) bond motifs is 1. The van der Waals surface area contributed by atoms with Crippen LogP contribution < -0.4 is 4.74 Å². The number of carboxylic acids is 1. The fourth-order valence-electron chi connectivity index (χ4n) is 3.82. The molecule has 0 amide bonds. The number of carboxylic acid groups (broad SMARTS) is 1. The number of aromatic nitrogens is 2. The molecule has 1 saturated heterocycles. The van der Waals surface area contributed by atoms with Gasteiger partial charge in [0.15, 0.2) is 0 Å². The van der Waals surface area contributed by atoms with Crippen LogP contribution in [0.25, 0.3) is 0 Å². The van der Waals surface area contributed by atoms with E-state index < -0.39 is 12.1 Å². The van der Waals surface area contributed by atoms with Gasteiger partial charge in [0.1, 0.15) is 11.5 Å². The minimum atomic E-state index is -5.08. The van der Waals surface area contributed by atoms with Gasteiger partial charge >= 0.3 is 18.2 Å². The summed E-state index contributed by atoms with van der Waals surface area (Å²) in [5, 5.41) is 7.12. The Morgan fingerprint density at radius 3 is 2.61 bits per heavy atom. The van der Waals surface area contributed by atoms with Gasteiger partial charge in [0.05, 0.1) is 25.9 Å². The van der Waals surface area contributed by atoms with Crippen LogP contribution in [0.2, 0.25) is 0 Å². The first-order valence-corrected chi connectivity index (χ1v) is 9.85. The predicted molar refractivity (Wildman–Crippen MR) is 101 cm³/mol. The summed E-state index contributed by atoms with van der Waals surface area (Å²) in [6.07, 6.45) is 0.774. The summed E-state index contributed by atoms with van der Waals surface area (Å²) in [6, 6.07) is 6.77. The van der Waals surface area contributed by atoms with Crippen molar-refractivity contribution in [3.8, 4) is 6.01 Å². The zero-order valence-corrected chi connectivity index (χ0v) is 16.9. The Morgan fingerprint density at radius 1 is 1.29 bits per heavy atom. The number of ether oxygens (including phenoxy) is 2. The number of nitrogens with zero attached hydrogens (tertiary/aromatic N) is 3. The first-order chi connectivity index (χ1) is 14.7. The lowest BCUT2D eigenvalue weighted by molar-refractivity contribution is -0.192. The van der Waals surface area contributed by atoms with E-state index in [4.69, 9.17) is 23.8 Å². The quantitative estimate of drug-likeness (QED) is 0.753. The molecule has 0 spiro atoms.